The van der Waals surface area contributed by atoms with Crippen molar-refractivity contribution in [2.24, 2.45) is 0 Å². The molecule has 7 heteroatoms. The molecule has 1 unspecified atom stereocenters. The number of nitrogens with zero attached hydrogens (tertiary/aromatic N) is 2. The molecule has 1 aliphatic rings. The van der Waals surface area contributed by atoms with Gasteiger partial charge in [-0.3, -0.25) is 0 Å². The van der Waals surface area contributed by atoms with Crippen molar-refractivity contribution in [3.05, 3.63) is 69.4 Å². The van der Waals surface area contributed by atoms with Crippen LogP contribution in [0.15, 0.2) is 45.4 Å². The SMILES string of the molecule is Cc1nc(-c2ccc(C3OCCc4c3[nH]c3ccc(Br)cc43)cc2F)no1. The summed E-state index contributed by atoms with van der Waals surface area (Å²) in [4.78, 5) is 7.55. The zero-order chi connectivity index (χ0) is 18.5. The van der Waals surface area contributed by atoms with Gasteiger partial charge in [0, 0.05) is 22.3 Å². The van der Waals surface area contributed by atoms with Crippen LogP contribution in [0.1, 0.15) is 28.8 Å². The largest absolute Gasteiger partial charge is 0.367 e. The molecule has 4 aromatic rings. The van der Waals surface area contributed by atoms with Gasteiger partial charge in [-0.2, -0.15) is 4.98 Å². The fourth-order valence-corrected chi connectivity index (χ4v) is 4.00. The number of ether oxygens (including phenoxy) is 1. The Morgan fingerprint density at radius 3 is 2.89 bits per heavy atom. The smallest absolute Gasteiger partial charge is 0.223 e. The van der Waals surface area contributed by atoms with E-state index in [1.807, 2.05) is 18.2 Å². The van der Waals surface area contributed by atoms with E-state index in [1.54, 1.807) is 13.0 Å². The van der Waals surface area contributed by atoms with Gasteiger partial charge in [0.25, 0.3) is 0 Å². The number of H-pyrrole nitrogens is 1. The topological polar surface area (TPSA) is 63.9 Å². The summed E-state index contributed by atoms with van der Waals surface area (Å²) in [7, 11) is 0. The number of aryl methyl sites for hydroxylation is 1. The lowest BCUT2D eigenvalue weighted by Crippen LogP contribution is -2.17. The highest BCUT2D eigenvalue weighted by molar-refractivity contribution is 9.10. The molecule has 0 fully saturated rings. The van der Waals surface area contributed by atoms with E-state index in [9.17, 15) is 4.39 Å². The maximum Gasteiger partial charge on any atom is 0.223 e. The maximum absolute atomic E-state index is 14.7. The van der Waals surface area contributed by atoms with Crippen molar-refractivity contribution in [1.29, 1.82) is 0 Å². The Morgan fingerprint density at radius 2 is 2.11 bits per heavy atom. The number of aromatic amines is 1. The first-order valence-electron chi connectivity index (χ1n) is 8.62. The van der Waals surface area contributed by atoms with Crippen molar-refractivity contribution in [2.45, 2.75) is 19.4 Å². The first kappa shape index (κ1) is 16.6. The van der Waals surface area contributed by atoms with Crippen molar-refractivity contribution in [2.75, 3.05) is 6.61 Å². The van der Waals surface area contributed by atoms with Crippen LogP contribution in [-0.4, -0.2) is 21.7 Å². The molecule has 1 atom stereocenters. The number of hydrogen-bond acceptors (Lipinski definition) is 4. The Labute approximate surface area is 162 Å². The number of rotatable bonds is 2. The monoisotopic (exact) mass is 427 g/mol. The third-order valence-corrected chi connectivity index (χ3v) is 5.36. The van der Waals surface area contributed by atoms with Gasteiger partial charge in [0.15, 0.2) is 0 Å². The van der Waals surface area contributed by atoms with Crippen LogP contribution in [0.2, 0.25) is 0 Å². The van der Waals surface area contributed by atoms with Gasteiger partial charge in [-0.05, 0) is 47.9 Å². The van der Waals surface area contributed by atoms with Gasteiger partial charge in [0.1, 0.15) is 11.9 Å². The highest BCUT2D eigenvalue weighted by Gasteiger charge is 2.27. The standard InChI is InChI=1S/C20H15BrFN3O2/c1-10-23-20(25-27-10)14-4-2-11(8-16(14)22)19-18-13(6-7-26-19)15-9-12(21)3-5-17(15)24-18/h2-5,8-9,19,24H,6-7H2,1H3. The van der Waals surface area contributed by atoms with E-state index in [4.69, 9.17) is 9.26 Å². The van der Waals surface area contributed by atoms with Crippen LogP contribution in [0.25, 0.3) is 22.3 Å². The Morgan fingerprint density at radius 1 is 1.22 bits per heavy atom. The van der Waals surface area contributed by atoms with Crippen LogP contribution >= 0.6 is 15.9 Å². The minimum Gasteiger partial charge on any atom is -0.367 e. The second-order valence-corrected chi connectivity index (χ2v) is 7.50. The summed E-state index contributed by atoms with van der Waals surface area (Å²) in [6, 6.07) is 11.2. The minimum absolute atomic E-state index is 0.247. The number of nitrogens with one attached hydrogen (secondary N) is 1. The second-order valence-electron chi connectivity index (χ2n) is 6.58. The Hall–Kier alpha value is -2.51. The van der Waals surface area contributed by atoms with Crippen LogP contribution in [-0.2, 0) is 11.2 Å². The van der Waals surface area contributed by atoms with E-state index in [1.165, 1.54) is 17.0 Å². The zero-order valence-corrected chi connectivity index (χ0v) is 16.0. The lowest BCUT2D eigenvalue weighted by atomic mass is 9.97. The average Bonchev–Trinajstić information content (AvgIpc) is 3.25. The molecule has 1 N–H and O–H groups in total. The minimum atomic E-state index is -0.400. The number of aromatic nitrogens is 3. The Bertz CT molecular complexity index is 1170. The number of fused-ring (bicyclic) bond motifs is 3. The number of hydrogen-bond donors (Lipinski definition) is 1. The van der Waals surface area contributed by atoms with Crippen LogP contribution in [0.3, 0.4) is 0 Å². The predicted molar refractivity (Wildman–Crippen MR) is 102 cm³/mol. The summed E-state index contributed by atoms with van der Waals surface area (Å²) in [6.07, 6.45) is 0.487. The summed E-state index contributed by atoms with van der Waals surface area (Å²) in [5.41, 5.74) is 4.33. The number of benzene rings is 2. The molecule has 1 aliphatic heterocycles. The quantitative estimate of drug-likeness (QED) is 0.483. The maximum atomic E-state index is 14.7. The van der Waals surface area contributed by atoms with Crippen molar-refractivity contribution in [3.8, 4) is 11.4 Å². The molecule has 0 saturated heterocycles. The predicted octanol–water partition coefficient (Wildman–Crippen LogP) is 5.09. The Balaban J connectivity index is 1.58. The molecule has 136 valence electrons. The average molecular weight is 428 g/mol. The molecule has 0 saturated carbocycles. The lowest BCUT2D eigenvalue weighted by Gasteiger charge is -2.24. The summed E-state index contributed by atoms with van der Waals surface area (Å²) in [6.45, 7) is 2.26. The van der Waals surface area contributed by atoms with Gasteiger partial charge in [-0.1, -0.05) is 27.2 Å². The molecule has 0 aliphatic carbocycles. The van der Waals surface area contributed by atoms with E-state index >= 15 is 0 Å². The molecule has 0 bridgehead atoms. The highest BCUT2D eigenvalue weighted by Crippen LogP contribution is 2.38. The van der Waals surface area contributed by atoms with Crippen molar-refractivity contribution in [3.63, 3.8) is 0 Å². The van der Waals surface area contributed by atoms with Crippen molar-refractivity contribution >= 4 is 26.8 Å². The fraction of sp³-hybridized carbons (Fsp3) is 0.200. The molecule has 27 heavy (non-hydrogen) atoms. The third-order valence-electron chi connectivity index (χ3n) is 4.86. The summed E-state index contributed by atoms with van der Waals surface area (Å²) in [5, 5.41) is 4.97. The van der Waals surface area contributed by atoms with Crippen LogP contribution < -0.4 is 0 Å². The molecule has 5 rings (SSSR count). The Kier molecular flexibility index (Phi) is 3.87. The van der Waals surface area contributed by atoms with Gasteiger partial charge >= 0.3 is 0 Å². The first-order chi connectivity index (χ1) is 13.1. The molecule has 5 nitrogen and oxygen atoms in total. The van der Waals surface area contributed by atoms with Gasteiger partial charge in [0.2, 0.25) is 11.7 Å². The van der Waals surface area contributed by atoms with Crippen LogP contribution in [0, 0.1) is 12.7 Å². The number of halogens is 2. The molecule has 0 spiro atoms. The van der Waals surface area contributed by atoms with E-state index in [0.717, 1.165) is 27.7 Å². The van der Waals surface area contributed by atoms with Gasteiger partial charge in [-0.25, -0.2) is 4.39 Å². The van der Waals surface area contributed by atoms with Crippen molar-refractivity contribution in [1.82, 2.24) is 15.1 Å². The molecule has 3 heterocycles. The highest BCUT2D eigenvalue weighted by atomic mass is 79.9. The second kappa shape index (κ2) is 6.28. The van der Waals surface area contributed by atoms with E-state index in [-0.39, 0.29) is 11.9 Å². The van der Waals surface area contributed by atoms with Gasteiger partial charge in [0.05, 0.1) is 17.9 Å². The van der Waals surface area contributed by atoms with Crippen molar-refractivity contribution < 1.29 is 13.7 Å². The fourth-order valence-electron chi connectivity index (χ4n) is 3.64. The third kappa shape index (κ3) is 2.78. The summed E-state index contributed by atoms with van der Waals surface area (Å²) >= 11 is 3.53. The van der Waals surface area contributed by atoms with Crippen LogP contribution in [0.4, 0.5) is 4.39 Å². The zero-order valence-electron chi connectivity index (χ0n) is 14.4. The van der Waals surface area contributed by atoms with E-state index in [0.29, 0.717) is 18.1 Å². The molecule has 2 aromatic heterocycles. The van der Waals surface area contributed by atoms with Gasteiger partial charge in [-0.15, -0.1) is 0 Å². The first-order valence-corrected chi connectivity index (χ1v) is 9.41. The molecule has 0 amide bonds. The van der Waals surface area contributed by atoms with Crippen LogP contribution in [0.5, 0.6) is 0 Å². The molecular formula is C20H15BrFN3O2. The van der Waals surface area contributed by atoms with E-state index < -0.39 is 5.82 Å². The lowest BCUT2D eigenvalue weighted by molar-refractivity contribution is 0.0675. The van der Waals surface area contributed by atoms with E-state index in [2.05, 4.69) is 37.1 Å². The summed E-state index contributed by atoms with van der Waals surface area (Å²) in [5.74, 6) is 0.248. The summed E-state index contributed by atoms with van der Waals surface area (Å²) < 4.78 is 26.7. The van der Waals surface area contributed by atoms with Gasteiger partial charge < -0.3 is 14.2 Å². The molecule has 2 aromatic carbocycles. The molecular weight excluding hydrogens is 413 g/mol. The molecule has 0 radical (unpaired) electrons. The normalized spacial score (nSPS) is 16.6.